The SMILES string of the molecule is CCOC(=O)Cc1nc(N)cc(Cl)c1C(F)F. The molecule has 0 aromatic carbocycles. The molecule has 0 aliphatic rings. The van der Waals surface area contributed by atoms with Crippen molar-refractivity contribution in [2.24, 2.45) is 0 Å². The number of alkyl halides is 2. The van der Waals surface area contributed by atoms with E-state index in [0.29, 0.717) is 0 Å². The van der Waals surface area contributed by atoms with E-state index in [0.717, 1.165) is 6.07 Å². The highest BCUT2D eigenvalue weighted by molar-refractivity contribution is 6.31. The molecule has 0 saturated carbocycles. The number of hydrogen-bond donors (Lipinski definition) is 1. The van der Waals surface area contributed by atoms with Gasteiger partial charge in [0.25, 0.3) is 6.43 Å². The molecule has 0 saturated heterocycles. The molecule has 4 nitrogen and oxygen atoms in total. The molecular weight excluding hydrogens is 254 g/mol. The summed E-state index contributed by atoms with van der Waals surface area (Å²) in [6, 6.07) is 1.12. The molecule has 0 spiro atoms. The second-order valence-corrected chi connectivity index (χ2v) is 3.58. The fraction of sp³-hybridized carbons (Fsp3) is 0.400. The van der Waals surface area contributed by atoms with Gasteiger partial charge in [0.05, 0.1) is 29.3 Å². The zero-order valence-corrected chi connectivity index (χ0v) is 9.80. The van der Waals surface area contributed by atoms with Crippen LogP contribution in [0.1, 0.15) is 24.6 Å². The third-order valence-electron chi connectivity index (χ3n) is 1.94. The second-order valence-electron chi connectivity index (χ2n) is 3.17. The minimum atomic E-state index is -2.82. The zero-order chi connectivity index (χ0) is 13.0. The Labute approximate surface area is 102 Å². The lowest BCUT2D eigenvalue weighted by Crippen LogP contribution is -2.12. The van der Waals surface area contributed by atoms with E-state index in [1.54, 1.807) is 6.92 Å². The van der Waals surface area contributed by atoms with Crippen LogP contribution in [-0.4, -0.2) is 17.6 Å². The van der Waals surface area contributed by atoms with Gasteiger partial charge >= 0.3 is 5.97 Å². The van der Waals surface area contributed by atoms with Crippen molar-refractivity contribution in [1.29, 1.82) is 0 Å². The Bertz CT molecular complexity index is 427. The minimum Gasteiger partial charge on any atom is -0.466 e. The lowest BCUT2D eigenvalue weighted by molar-refractivity contribution is -0.142. The monoisotopic (exact) mass is 264 g/mol. The van der Waals surface area contributed by atoms with Gasteiger partial charge in [0.2, 0.25) is 0 Å². The number of pyridine rings is 1. The van der Waals surface area contributed by atoms with Crippen LogP contribution in [0.3, 0.4) is 0 Å². The minimum absolute atomic E-state index is 0.0151. The first kappa shape index (κ1) is 13.6. The van der Waals surface area contributed by atoms with Gasteiger partial charge in [-0.2, -0.15) is 0 Å². The quantitative estimate of drug-likeness (QED) is 0.848. The molecule has 0 radical (unpaired) electrons. The van der Waals surface area contributed by atoms with Gasteiger partial charge in [-0.3, -0.25) is 4.79 Å². The molecule has 0 atom stereocenters. The molecule has 0 unspecified atom stereocenters. The Morgan fingerprint density at radius 2 is 2.29 bits per heavy atom. The highest BCUT2D eigenvalue weighted by Gasteiger charge is 2.21. The van der Waals surface area contributed by atoms with Crippen LogP contribution in [-0.2, 0) is 16.0 Å². The number of carbonyl (C=O) groups is 1. The number of halogens is 3. The number of nitrogen functional groups attached to an aromatic ring is 1. The van der Waals surface area contributed by atoms with Crippen LogP contribution in [0.2, 0.25) is 5.02 Å². The zero-order valence-electron chi connectivity index (χ0n) is 9.04. The summed E-state index contributed by atoms with van der Waals surface area (Å²) in [6.07, 6.45) is -3.20. The van der Waals surface area contributed by atoms with Crippen molar-refractivity contribution < 1.29 is 18.3 Å². The van der Waals surface area contributed by atoms with Crippen molar-refractivity contribution in [1.82, 2.24) is 4.98 Å². The third kappa shape index (κ3) is 3.52. The first-order valence-corrected chi connectivity index (χ1v) is 5.22. The normalized spacial score (nSPS) is 10.6. The molecule has 1 aromatic heterocycles. The van der Waals surface area contributed by atoms with Crippen LogP contribution in [0.25, 0.3) is 0 Å². The van der Waals surface area contributed by atoms with Crippen molar-refractivity contribution in [3.8, 4) is 0 Å². The molecule has 0 aliphatic carbocycles. The summed E-state index contributed by atoms with van der Waals surface area (Å²) >= 11 is 5.64. The van der Waals surface area contributed by atoms with Gasteiger partial charge in [0, 0.05) is 0 Å². The molecule has 1 heterocycles. The molecule has 2 N–H and O–H groups in total. The topological polar surface area (TPSA) is 65.2 Å². The fourth-order valence-electron chi connectivity index (χ4n) is 1.31. The van der Waals surface area contributed by atoms with Crippen LogP contribution in [0.4, 0.5) is 14.6 Å². The molecular formula is C10H11ClF2N2O2. The summed E-state index contributed by atoms with van der Waals surface area (Å²) in [6.45, 7) is 1.78. The molecule has 1 rings (SSSR count). The Hall–Kier alpha value is -1.43. The van der Waals surface area contributed by atoms with E-state index in [1.807, 2.05) is 0 Å². The number of nitrogens with two attached hydrogens (primary N) is 1. The third-order valence-corrected chi connectivity index (χ3v) is 2.25. The van der Waals surface area contributed by atoms with Crippen LogP contribution < -0.4 is 5.73 Å². The predicted octanol–water partition coefficient (Wildman–Crippen LogP) is 2.36. The van der Waals surface area contributed by atoms with Crippen LogP contribution in [0, 0.1) is 0 Å². The van der Waals surface area contributed by atoms with E-state index in [4.69, 9.17) is 17.3 Å². The van der Waals surface area contributed by atoms with E-state index < -0.39 is 18.0 Å². The maximum Gasteiger partial charge on any atom is 0.311 e. The highest BCUT2D eigenvalue weighted by atomic mass is 35.5. The van der Waals surface area contributed by atoms with Crippen molar-refractivity contribution in [2.45, 2.75) is 19.8 Å². The average molecular weight is 265 g/mol. The van der Waals surface area contributed by atoms with Gasteiger partial charge in [-0.05, 0) is 13.0 Å². The van der Waals surface area contributed by atoms with E-state index in [-0.39, 0.29) is 29.6 Å². The Morgan fingerprint density at radius 1 is 1.65 bits per heavy atom. The number of hydrogen-bond acceptors (Lipinski definition) is 4. The molecule has 0 fully saturated rings. The number of esters is 1. The first-order chi connectivity index (χ1) is 7.95. The van der Waals surface area contributed by atoms with Gasteiger partial charge in [0.15, 0.2) is 0 Å². The van der Waals surface area contributed by atoms with Crippen LogP contribution >= 0.6 is 11.6 Å². The summed E-state index contributed by atoms with van der Waals surface area (Å²) in [5.74, 6) is -0.665. The number of rotatable bonds is 4. The van der Waals surface area contributed by atoms with E-state index in [1.165, 1.54) is 0 Å². The smallest absolute Gasteiger partial charge is 0.311 e. The van der Waals surface area contributed by atoms with Crippen molar-refractivity contribution in [2.75, 3.05) is 12.3 Å². The van der Waals surface area contributed by atoms with Gasteiger partial charge in [-0.15, -0.1) is 0 Å². The Morgan fingerprint density at radius 3 is 2.82 bits per heavy atom. The van der Waals surface area contributed by atoms with Crippen LogP contribution in [0.5, 0.6) is 0 Å². The summed E-state index contributed by atoms with van der Waals surface area (Å²) in [5, 5.41) is -0.202. The standard InChI is InChI=1S/C10H11ClF2N2O2/c1-2-17-8(16)4-6-9(10(12)13)5(11)3-7(14)15-6/h3,10H,2,4H2,1H3,(H2,14,15). The van der Waals surface area contributed by atoms with Crippen molar-refractivity contribution in [3.63, 3.8) is 0 Å². The molecule has 17 heavy (non-hydrogen) atoms. The van der Waals surface area contributed by atoms with E-state index >= 15 is 0 Å². The van der Waals surface area contributed by atoms with Gasteiger partial charge in [-0.25, -0.2) is 13.8 Å². The van der Waals surface area contributed by atoms with Crippen molar-refractivity contribution in [3.05, 3.63) is 22.3 Å². The maximum absolute atomic E-state index is 12.7. The summed E-state index contributed by atoms with van der Waals surface area (Å²) in [4.78, 5) is 14.9. The molecule has 1 aromatic rings. The van der Waals surface area contributed by atoms with Crippen molar-refractivity contribution >= 4 is 23.4 Å². The molecule has 7 heteroatoms. The van der Waals surface area contributed by atoms with Gasteiger partial charge in [-0.1, -0.05) is 11.6 Å². The average Bonchev–Trinajstić information content (AvgIpc) is 2.15. The molecule has 0 amide bonds. The lowest BCUT2D eigenvalue weighted by Gasteiger charge is -2.10. The molecule has 0 aliphatic heterocycles. The lowest BCUT2D eigenvalue weighted by atomic mass is 10.1. The summed E-state index contributed by atoms with van der Waals surface area (Å²) < 4.78 is 30.1. The Kier molecular flexibility index (Phi) is 4.62. The van der Waals surface area contributed by atoms with Crippen LogP contribution in [0.15, 0.2) is 6.07 Å². The number of carbonyl (C=O) groups excluding carboxylic acids is 1. The van der Waals surface area contributed by atoms with E-state index in [2.05, 4.69) is 9.72 Å². The van der Waals surface area contributed by atoms with Gasteiger partial charge in [0.1, 0.15) is 5.82 Å². The largest absolute Gasteiger partial charge is 0.466 e. The Balaban J connectivity index is 3.08. The van der Waals surface area contributed by atoms with Gasteiger partial charge < -0.3 is 10.5 Å². The molecule has 0 bridgehead atoms. The first-order valence-electron chi connectivity index (χ1n) is 4.84. The number of ether oxygens (including phenoxy) is 1. The predicted molar refractivity (Wildman–Crippen MR) is 59.0 cm³/mol. The molecule has 94 valence electrons. The maximum atomic E-state index is 12.7. The van der Waals surface area contributed by atoms with E-state index in [9.17, 15) is 13.6 Å². The summed E-state index contributed by atoms with van der Waals surface area (Å²) in [7, 11) is 0. The highest BCUT2D eigenvalue weighted by Crippen LogP contribution is 2.31. The number of nitrogens with zero attached hydrogens (tertiary/aromatic N) is 1. The summed E-state index contributed by atoms with van der Waals surface area (Å²) in [5.41, 5.74) is 4.76. The number of anilines is 1. The fourth-order valence-corrected chi connectivity index (χ4v) is 1.61. The second kappa shape index (κ2) is 5.77. The number of aromatic nitrogens is 1.